The molecule has 4 unspecified atom stereocenters. The predicted octanol–water partition coefficient (Wildman–Crippen LogP) is 0.896. The van der Waals surface area contributed by atoms with Gasteiger partial charge in [-0.2, -0.15) is 5.26 Å². The molecule has 3 heterocycles. The number of hydrogen-bond donors (Lipinski definition) is 3. The van der Waals surface area contributed by atoms with Gasteiger partial charge in [0.05, 0.1) is 24.1 Å². The van der Waals surface area contributed by atoms with Gasteiger partial charge in [-0.3, -0.25) is 24.8 Å². The lowest BCUT2D eigenvalue weighted by Gasteiger charge is -2.40. The van der Waals surface area contributed by atoms with Gasteiger partial charge in [-0.25, -0.2) is 4.39 Å². The molecule has 1 aromatic heterocycles. The van der Waals surface area contributed by atoms with Crippen molar-refractivity contribution in [1.82, 2.24) is 20.1 Å². The summed E-state index contributed by atoms with van der Waals surface area (Å²) >= 11 is 0. The van der Waals surface area contributed by atoms with Crippen molar-refractivity contribution in [3.63, 3.8) is 0 Å². The van der Waals surface area contributed by atoms with Gasteiger partial charge in [0, 0.05) is 32.4 Å². The van der Waals surface area contributed by atoms with Gasteiger partial charge >= 0.3 is 0 Å². The van der Waals surface area contributed by atoms with E-state index in [4.69, 9.17) is 5.73 Å². The fraction of sp³-hybridized carbons (Fsp3) is 0.652. The highest BCUT2D eigenvalue weighted by Crippen LogP contribution is 2.47. The molecule has 2 saturated heterocycles. The first-order valence-corrected chi connectivity index (χ1v) is 11.9. The number of nitrogens with two attached hydrogens (primary N) is 1. The monoisotopic (exact) mass is 486 g/mol. The summed E-state index contributed by atoms with van der Waals surface area (Å²) in [4.78, 5) is 44.8. The van der Waals surface area contributed by atoms with E-state index in [2.05, 4.69) is 26.9 Å². The van der Waals surface area contributed by atoms with Crippen LogP contribution < -0.4 is 16.4 Å². The van der Waals surface area contributed by atoms with Crippen LogP contribution in [-0.2, 0) is 9.59 Å². The molecule has 4 atom stereocenters. The van der Waals surface area contributed by atoms with E-state index in [0.717, 1.165) is 5.56 Å². The number of piperidine rings is 1. The second-order valence-corrected chi connectivity index (χ2v) is 9.72. The molecule has 0 radical (unpaired) electrons. The SMILES string of the molecule is CN1CC(F)CNC1C(C(=O)Nc1cnccc1C1CCN(C(=O)C2(C#N)CC2)CC1)C(N)N=O. The van der Waals surface area contributed by atoms with Crippen molar-refractivity contribution in [2.75, 3.05) is 38.5 Å². The number of anilines is 1. The average Bonchev–Trinajstić information content (AvgIpc) is 3.67. The van der Waals surface area contributed by atoms with Crippen LogP contribution in [0.3, 0.4) is 0 Å². The Bertz CT molecular complexity index is 1000. The van der Waals surface area contributed by atoms with E-state index in [1.807, 2.05) is 6.07 Å². The summed E-state index contributed by atoms with van der Waals surface area (Å²) in [5.74, 6) is -1.56. The Morgan fingerprint density at radius 1 is 1.40 bits per heavy atom. The molecule has 35 heavy (non-hydrogen) atoms. The number of aromatic nitrogens is 1. The van der Waals surface area contributed by atoms with Crippen LogP contribution >= 0.6 is 0 Å². The molecule has 2 aliphatic heterocycles. The number of alkyl halides is 1. The van der Waals surface area contributed by atoms with E-state index in [9.17, 15) is 24.1 Å². The summed E-state index contributed by atoms with van der Waals surface area (Å²) in [7, 11) is 1.66. The van der Waals surface area contributed by atoms with Crippen LogP contribution in [0.2, 0.25) is 0 Å². The lowest BCUT2D eigenvalue weighted by atomic mass is 9.88. The molecule has 1 aliphatic carbocycles. The number of halogens is 1. The maximum atomic E-state index is 13.8. The maximum absolute atomic E-state index is 13.8. The van der Waals surface area contributed by atoms with Crippen molar-refractivity contribution in [2.24, 2.45) is 22.2 Å². The van der Waals surface area contributed by atoms with E-state index in [1.54, 1.807) is 29.2 Å². The van der Waals surface area contributed by atoms with Crippen LogP contribution in [0.1, 0.15) is 37.2 Å². The first kappa shape index (κ1) is 25.1. The minimum atomic E-state index is -1.32. The van der Waals surface area contributed by atoms with Crippen molar-refractivity contribution in [3.8, 4) is 6.07 Å². The Balaban J connectivity index is 1.46. The van der Waals surface area contributed by atoms with Crippen molar-refractivity contribution in [1.29, 1.82) is 5.26 Å². The first-order chi connectivity index (χ1) is 16.8. The zero-order chi connectivity index (χ0) is 25.2. The molecule has 12 heteroatoms. The van der Waals surface area contributed by atoms with E-state index in [-0.39, 0.29) is 24.9 Å². The Morgan fingerprint density at radius 3 is 2.71 bits per heavy atom. The highest BCUT2D eigenvalue weighted by atomic mass is 19.1. The molecule has 0 spiro atoms. The number of carbonyl (C=O) groups excluding carboxylic acids is 2. The predicted molar refractivity (Wildman–Crippen MR) is 125 cm³/mol. The van der Waals surface area contributed by atoms with Crippen LogP contribution in [0.25, 0.3) is 0 Å². The van der Waals surface area contributed by atoms with Gasteiger partial charge in [0.25, 0.3) is 0 Å². The molecular weight excluding hydrogens is 455 g/mol. The molecule has 11 nitrogen and oxygen atoms in total. The molecule has 1 saturated carbocycles. The summed E-state index contributed by atoms with van der Waals surface area (Å²) in [6.45, 7) is 1.22. The number of hydrogen-bond acceptors (Lipinski definition) is 9. The topological polar surface area (TPSA) is 157 Å². The van der Waals surface area contributed by atoms with Crippen LogP contribution in [0, 0.1) is 27.6 Å². The summed E-state index contributed by atoms with van der Waals surface area (Å²) in [5.41, 5.74) is 6.45. The first-order valence-electron chi connectivity index (χ1n) is 11.9. The van der Waals surface area contributed by atoms with Gasteiger partial charge in [-0.15, -0.1) is 4.91 Å². The third kappa shape index (κ3) is 5.17. The zero-order valence-corrected chi connectivity index (χ0v) is 19.7. The van der Waals surface area contributed by atoms with Crippen LogP contribution in [0.4, 0.5) is 10.1 Å². The number of nitrogens with one attached hydrogen (secondary N) is 2. The second-order valence-electron chi connectivity index (χ2n) is 9.72. The zero-order valence-electron chi connectivity index (χ0n) is 19.7. The van der Waals surface area contributed by atoms with Gasteiger partial charge in [0.1, 0.15) is 17.5 Å². The number of carbonyl (C=O) groups is 2. The number of nitroso groups, excluding NO2 is 1. The number of nitrogens with zero attached hydrogens (tertiary/aromatic N) is 5. The highest BCUT2D eigenvalue weighted by molar-refractivity contribution is 5.94. The third-order valence-corrected chi connectivity index (χ3v) is 7.35. The largest absolute Gasteiger partial charge is 0.341 e. The summed E-state index contributed by atoms with van der Waals surface area (Å²) in [5, 5.41) is 18.0. The number of rotatable bonds is 7. The van der Waals surface area contributed by atoms with E-state index < -0.39 is 35.7 Å². The second kappa shape index (κ2) is 10.3. The lowest BCUT2D eigenvalue weighted by molar-refractivity contribution is -0.136. The van der Waals surface area contributed by atoms with Crippen LogP contribution in [0.5, 0.6) is 0 Å². The Kier molecular flexibility index (Phi) is 7.39. The number of amides is 2. The fourth-order valence-electron chi connectivity index (χ4n) is 5.12. The summed E-state index contributed by atoms with van der Waals surface area (Å²) < 4.78 is 13.8. The normalized spacial score (nSPS) is 26.3. The standard InChI is InChI=1S/C23H31FN8O3/c1-31-12-15(24)10-28-20(31)18(19(26)30-35)21(33)29-17-11-27-7-2-16(17)14-3-8-32(9-4-14)22(34)23(13-25)5-6-23/h2,7,11,14-15,18-20,28H,3-6,8-10,12,26H2,1H3,(H,29,33). The van der Waals surface area contributed by atoms with Crippen molar-refractivity contribution in [3.05, 3.63) is 28.9 Å². The highest BCUT2D eigenvalue weighted by Gasteiger charge is 2.52. The smallest absolute Gasteiger partial charge is 0.243 e. The molecule has 2 amide bonds. The van der Waals surface area contributed by atoms with Crippen molar-refractivity contribution < 1.29 is 14.0 Å². The van der Waals surface area contributed by atoms with Crippen LogP contribution in [-0.4, -0.2) is 78.3 Å². The van der Waals surface area contributed by atoms with Gasteiger partial charge in [-0.1, -0.05) is 5.18 Å². The molecule has 0 aromatic carbocycles. The molecule has 0 bridgehead atoms. The molecule has 1 aromatic rings. The number of likely N-dealkylation sites (tertiary alicyclic amines) is 1. The van der Waals surface area contributed by atoms with Gasteiger partial charge in [0.15, 0.2) is 6.17 Å². The Morgan fingerprint density at radius 2 is 2.11 bits per heavy atom. The third-order valence-electron chi connectivity index (χ3n) is 7.35. The minimum Gasteiger partial charge on any atom is -0.341 e. The quantitative estimate of drug-likeness (QED) is 0.480. The molecular formula is C23H31FN8O3. The van der Waals surface area contributed by atoms with Gasteiger partial charge in [0.2, 0.25) is 11.8 Å². The van der Waals surface area contributed by atoms with Crippen LogP contribution in [0.15, 0.2) is 23.6 Å². The lowest BCUT2D eigenvalue weighted by Crippen LogP contribution is -2.62. The van der Waals surface area contributed by atoms with Gasteiger partial charge in [-0.05, 0) is 50.3 Å². The minimum absolute atomic E-state index is 0.0485. The van der Waals surface area contributed by atoms with E-state index in [1.165, 1.54) is 0 Å². The molecule has 3 aliphatic rings. The summed E-state index contributed by atoms with van der Waals surface area (Å²) in [6, 6.07) is 4.00. The van der Waals surface area contributed by atoms with Crippen molar-refractivity contribution >= 4 is 17.5 Å². The van der Waals surface area contributed by atoms with E-state index >= 15 is 0 Å². The Labute approximate surface area is 203 Å². The van der Waals surface area contributed by atoms with E-state index in [0.29, 0.717) is 44.5 Å². The molecule has 3 fully saturated rings. The molecule has 4 rings (SSSR count). The van der Waals surface area contributed by atoms with Crippen molar-refractivity contribution in [2.45, 2.75) is 50.1 Å². The number of nitriles is 1. The van der Waals surface area contributed by atoms with Gasteiger partial charge < -0.3 is 16.0 Å². The molecule has 188 valence electrons. The summed E-state index contributed by atoms with van der Waals surface area (Å²) in [6.07, 6.45) is 2.74. The average molecular weight is 487 g/mol. The Hall–Kier alpha value is -3.01. The fourth-order valence-corrected chi connectivity index (χ4v) is 5.12. The maximum Gasteiger partial charge on any atom is 0.243 e. The number of pyridine rings is 1. The molecule has 4 N–H and O–H groups in total.